The van der Waals surface area contributed by atoms with Crippen molar-refractivity contribution in [2.45, 2.75) is 58.3 Å². The van der Waals surface area contributed by atoms with Crippen molar-refractivity contribution >= 4 is 11.6 Å². The first kappa shape index (κ1) is 15.5. The Morgan fingerprint density at radius 1 is 1.27 bits per heavy atom. The predicted molar refractivity (Wildman–Crippen MR) is 85.9 cm³/mol. The summed E-state index contributed by atoms with van der Waals surface area (Å²) in [5.41, 5.74) is 3.07. The Bertz CT molecular complexity index is 561. The third-order valence-electron chi connectivity index (χ3n) is 4.41. The largest absolute Gasteiger partial charge is 0.338 e. The Kier molecular flexibility index (Phi) is 4.24. The molecule has 0 N–H and O–H groups in total. The molecule has 0 radical (unpaired) electrons. The van der Waals surface area contributed by atoms with Gasteiger partial charge in [-0.15, -0.1) is 0 Å². The van der Waals surface area contributed by atoms with Gasteiger partial charge < -0.3 is 14.4 Å². The van der Waals surface area contributed by atoms with Crippen LogP contribution in [0.2, 0.25) is 0 Å². The normalized spacial score (nSPS) is 20.0. The van der Waals surface area contributed by atoms with Gasteiger partial charge >= 0.3 is 0 Å². The predicted octanol–water partition coefficient (Wildman–Crippen LogP) is 3.37. The van der Waals surface area contributed by atoms with Crippen LogP contribution in [0.3, 0.4) is 0 Å². The molecule has 22 heavy (non-hydrogen) atoms. The topological polar surface area (TPSA) is 38.8 Å². The molecular weight excluding hydrogens is 278 g/mol. The highest BCUT2D eigenvalue weighted by Crippen LogP contribution is 2.46. The molecule has 1 fully saturated rings. The van der Waals surface area contributed by atoms with Crippen LogP contribution < -0.4 is 4.90 Å². The zero-order valence-corrected chi connectivity index (χ0v) is 13.7. The summed E-state index contributed by atoms with van der Waals surface area (Å²) < 4.78 is 11.8. The SMILES string of the molecule is CCCCc1ccc2c(c1)C1(OCCCO1)C(=O)N2C(C)C. The van der Waals surface area contributed by atoms with Gasteiger partial charge in [0.1, 0.15) is 0 Å². The number of anilines is 1. The van der Waals surface area contributed by atoms with Crippen molar-refractivity contribution in [1.82, 2.24) is 0 Å². The van der Waals surface area contributed by atoms with E-state index in [-0.39, 0.29) is 11.9 Å². The molecule has 0 aromatic heterocycles. The van der Waals surface area contributed by atoms with Crippen molar-refractivity contribution in [3.63, 3.8) is 0 Å². The quantitative estimate of drug-likeness (QED) is 0.856. The number of unbranched alkanes of at least 4 members (excludes halogenated alkanes) is 1. The van der Waals surface area contributed by atoms with Crippen molar-refractivity contribution in [2.75, 3.05) is 18.1 Å². The van der Waals surface area contributed by atoms with E-state index >= 15 is 0 Å². The summed E-state index contributed by atoms with van der Waals surface area (Å²) in [6.07, 6.45) is 4.17. The number of nitrogens with zero attached hydrogens (tertiary/aromatic N) is 1. The number of benzene rings is 1. The Labute approximate surface area is 132 Å². The van der Waals surface area contributed by atoms with Crippen molar-refractivity contribution in [3.05, 3.63) is 29.3 Å². The van der Waals surface area contributed by atoms with Gasteiger partial charge in [-0.1, -0.05) is 19.4 Å². The van der Waals surface area contributed by atoms with Crippen LogP contribution in [-0.2, 0) is 26.5 Å². The molecule has 1 aromatic rings. The fraction of sp³-hybridized carbons (Fsp3) is 0.611. The van der Waals surface area contributed by atoms with Crippen LogP contribution in [0, 0.1) is 0 Å². The second-order valence-corrected chi connectivity index (χ2v) is 6.39. The summed E-state index contributed by atoms with van der Waals surface area (Å²) in [5.74, 6) is -1.29. The summed E-state index contributed by atoms with van der Waals surface area (Å²) in [5, 5.41) is 0. The number of aryl methyl sites for hydroxylation is 1. The first-order valence-electron chi connectivity index (χ1n) is 8.35. The monoisotopic (exact) mass is 303 g/mol. The molecule has 4 nitrogen and oxygen atoms in total. The van der Waals surface area contributed by atoms with Crippen molar-refractivity contribution in [1.29, 1.82) is 0 Å². The first-order chi connectivity index (χ1) is 10.6. The highest BCUT2D eigenvalue weighted by molar-refractivity contribution is 6.06. The van der Waals surface area contributed by atoms with Crippen LogP contribution >= 0.6 is 0 Å². The molecule has 2 aliphatic rings. The molecule has 0 saturated carbocycles. The van der Waals surface area contributed by atoms with E-state index in [1.54, 1.807) is 0 Å². The molecule has 1 amide bonds. The minimum atomic E-state index is -1.21. The van der Waals surface area contributed by atoms with Gasteiger partial charge in [0.25, 0.3) is 11.7 Å². The lowest BCUT2D eigenvalue weighted by molar-refractivity contribution is -0.257. The minimum absolute atomic E-state index is 0.0789. The summed E-state index contributed by atoms with van der Waals surface area (Å²) in [6.45, 7) is 7.36. The highest BCUT2D eigenvalue weighted by Gasteiger charge is 2.55. The number of carbonyl (C=O) groups is 1. The second kappa shape index (κ2) is 6.01. The number of hydrogen-bond acceptors (Lipinski definition) is 3. The van der Waals surface area contributed by atoms with Crippen LogP contribution in [0.1, 0.15) is 51.2 Å². The number of fused-ring (bicyclic) bond motifs is 2. The fourth-order valence-corrected chi connectivity index (χ4v) is 3.30. The molecule has 1 spiro atoms. The molecule has 3 rings (SSSR count). The molecular formula is C18H25NO3. The molecule has 0 unspecified atom stereocenters. The van der Waals surface area contributed by atoms with E-state index in [2.05, 4.69) is 19.1 Å². The Morgan fingerprint density at radius 2 is 2.00 bits per heavy atom. The summed E-state index contributed by atoms with van der Waals surface area (Å²) in [4.78, 5) is 14.8. The molecule has 2 heterocycles. The Balaban J connectivity index is 2.05. The highest BCUT2D eigenvalue weighted by atomic mass is 16.7. The van der Waals surface area contributed by atoms with Crippen LogP contribution in [0.5, 0.6) is 0 Å². The van der Waals surface area contributed by atoms with Crippen LogP contribution in [0.4, 0.5) is 5.69 Å². The average Bonchev–Trinajstić information content (AvgIpc) is 2.75. The summed E-state index contributed by atoms with van der Waals surface area (Å²) in [7, 11) is 0. The molecule has 0 aliphatic carbocycles. The van der Waals surface area contributed by atoms with E-state index in [4.69, 9.17) is 9.47 Å². The van der Waals surface area contributed by atoms with Crippen LogP contribution in [-0.4, -0.2) is 25.2 Å². The fourth-order valence-electron chi connectivity index (χ4n) is 3.30. The van der Waals surface area contributed by atoms with Crippen molar-refractivity contribution < 1.29 is 14.3 Å². The molecule has 1 aromatic carbocycles. The van der Waals surface area contributed by atoms with E-state index in [1.165, 1.54) is 5.56 Å². The zero-order valence-electron chi connectivity index (χ0n) is 13.7. The van der Waals surface area contributed by atoms with Crippen molar-refractivity contribution in [3.8, 4) is 0 Å². The van der Waals surface area contributed by atoms with Gasteiger partial charge in [-0.25, -0.2) is 0 Å². The van der Waals surface area contributed by atoms with Crippen LogP contribution in [0.25, 0.3) is 0 Å². The number of ether oxygens (including phenoxy) is 2. The van der Waals surface area contributed by atoms with Gasteiger partial charge in [0.05, 0.1) is 18.9 Å². The maximum absolute atomic E-state index is 13.0. The maximum atomic E-state index is 13.0. The molecule has 120 valence electrons. The van der Waals surface area contributed by atoms with Crippen LogP contribution in [0.15, 0.2) is 18.2 Å². The lowest BCUT2D eigenvalue weighted by atomic mass is 10.00. The standard InChI is InChI=1S/C18H25NO3/c1-4-5-7-14-8-9-16-15(12-14)18(21-10-6-11-22-18)17(20)19(16)13(2)3/h8-9,12-13H,4-7,10-11H2,1-3H3. The van der Waals surface area contributed by atoms with E-state index < -0.39 is 5.79 Å². The van der Waals surface area contributed by atoms with Gasteiger partial charge in [-0.05, 0) is 50.8 Å². The second-order valence-electron chi connectivity index (χ2n) is 6.39. The van der Waals surface area contributed by atoms with E-state index in [1.807, 2.05) is 24.8 Å². The lowest BCUT2D eigenvalue weighted by Gasteiger charge is -2.33. The number of carbonyl (C=O) groups excluding carboxylic acids is 1. The summed E-state index contributed by atoms with van der Waals surface area (Å²) >= 11 is 0. The number of hydrogen-bond donors (Lipinski definition) is 0. The third-order valence-corrected chi connectivity index (χ3v) is 4.41. The summed E-state index contributed by atoms with van der Waals surface area (Å²) in [6, 6.07) is 6.37. The van der Waals surface area contributed by atoms with Gasteiger partial charge in [-0.3, -0.25) is 4.79 Å². The average molecular weight is 303 g/mol. The molecule has 0 bridgehead atoms. The zero-order chi connectivity index (χ0) is 15.7. The van der Waals surface area contributed by atoms with E-state index in [9.17, 15) is 4.79 Å². The van der Waals surface area contributed by atoms with E-state index in [0.29, 0.717) is 13.2 Å². The smallest absolute Gasteiger partial charge is 0.292 e. The molecule has 4 heteroatoms. The first-order valence-corrected chi connectivity index (χ1v) is 8.35. The van der Waals surface area contributed by atoms with Crippen molar-refractivity contribution in [2.24, 2.45) is 0 Å². The van der Waals surface area contributed by atoms with E-state index in [0.717, 1.165) is 36.9 Å². The lowest BCUT2D eigenvalue weighted by Crippen LogP contribution is -2.48. The maximum Gasteiger partial charge on any atom is 0.292 e. The number of amides is 1. The van der Waals surface area contributed by atoms with Gasteiger partial charge in [0.15, 0.2) is 0 Å². The van der Waals surface area contributed by atoms with Gasteiger partial charge in [-0.2, -0.15) is 0 Å². The van der Waals surface area contributed by atoms with Gasteiger partial charge in [0.2, 0.25) is 0 Å². The Morgan fingerprint density at radius 3 is 2.64 bits per heavy atom. The van der Waals surface area contributed by atoms with Gasteiger partial charge in [0, 0.05) is 11.6 Å². The Hall–Kier alpha value is -1.39. The molecule has 1 saturated heterocycles. The molecule has 0 atom stereocenters. The molecule has 2 aliphatic heterocycles. The number of rotatable bonds is 4. The third kappa shape index (κ3) is 2.34. The minimum Gasteiger partial charge on any atom is -0.338 e.